The Morgan fingerprint density at radius 1 is 1.00 bits per heavy atom. The van der Waals surface area contributed by atoms with Gasteiger partial charge in [0.2, 0.25) is 21.8 Å². The minimum absolute atomic E-state index is 0.0374. The van der Waals surface area contributed by atoms with Gasteiger partial charge in [-0.2, -0.15) is 0 Å². The summed E-state index contributed by atoms with van der Waals surface area (Å²) in [5, 5.41) is 9.95. The van der Waals surface area contributed by atoms with Crippen molar-refractivity contribution in [3.63, 3.8) is 0 Å². The van der Waals surface area contributed by atoms with E-state index in [4.69, 9.17) is 5.14 Å². The Bertz CT molecular complexity index is 919. The SMILES string of the molecule is NS(=O)(=O)c1cccc(NC(=O)CSCC(=O)Nc2ccccc2F)c1. The monoisotopic (exact) mass is 397 g/mol. The fourth-order valence-electron chi connectivity index (χ4n) is 1.93. The molecule has 4 N–H and O–H groups in total. The summed E-state index contributed by atoms with van der Waals surface area (Å²) >= 11 is 1.03. The highest BCUT2D eigenvalue weighted by Gasteiger charge is 2.11. The number of rotatable bonds is 7. The van der Waals surface area contributed by atoms with Gasteiger partial charge in [0.05, 0.1) is 22.1 Å². The molecule has 0 aliphatic carbocycles. The number of carbonyl (C=O) groups excluding carboxylic acids is 2. The van der Waals surface area contributed by atoms with Gasteiger partial charge in [-0.1, -0.05) is 18.2 Å². The fourth-order valence-corrected chi connectivity index (χ4v) is 3.11. The van der Waals surface area contributed by atoms with Crippen LogP contribution in [-0.2, 0) is 19.6 Å². The average molecular weight is 397 g/mol. The number of hydrogen-bond acceptors (Lipinski definition) is 5. The minimum atomic E-state index is -3.86. The highest BCUT2D eigenvalue weighted by molar-refractivity contribution is 8.00. The summed E-state index contributed by atoms with van der Waals surface area (Å²) in [4.78, 5) is 23.5. The van der Waals surface area contributed by atoms with Crippen molar-refractivity contribution in [2.45, 2.75) is 4.90 Å². The third-order valence-corrected chi connectivity index (χ3v) is 4.90. The summed E-state index contributed by atoms with van der Waals surface area (Å²) in [7, 11) is -3.86. The number of carbonyl (C=O) groups is 2. The first kappa shape index (κ1) is 19.9. The standard InChI is InChI=1S/C16H16FN3O4S2/c17-13-6-1-2-7-14(13)20-16(22)10-25-9-15(21)19-11-4-3-5-12(8-11)26(18,23)24/h1-8H,9-10H2,(H,19,21)(H,20,22)(H2,18,23,24). The minimum Gasteiger partial charge on any atom is -0.325 e. The molecule has 0 saturated heterocycles. The summed E-state index contributed by atoms with van der Waals surface area (Å²) in [6, 6.07) is 11.3. The summed E-state index contributed by atoms with van der Waals surface area (Å²) < 4.78 is 36.0. The van der Waals surface area contributed by atoms with Crippen molar-refractivity contribution in [3.8, 4) is 0 Å². The zero-order valence-electron chi connectivity index (χ0n) is 13.4. The van der Waals surface area contributed by atoms with Gasteiger partial charge in [0.25, 0.3) is 0 Å². The maximum atomic E-state index is 13.4. The number of hydrogen-bond donors (Lipinski definition) is 3. The first-order chi connectivity index (χ1) is 12.3. The molecule has 2 aromatic carbocycles. The van der Waals surface area contributed by atoms with E-state index in [0.29, 0.717) is 0 Å². The van der Waals surface area contributed by atoms with E-state index < -0.39 is 27.7 Å². The number of para-hydroxylation sites is 1. The van der Waals surface area contributed by atoms with Gasteiger partial charge in [0.15, 0.2) is 0 Å². The highest BCUT2D eigenvalue weighted by atomic mass is 32.2. The van der Waals surface area contributed by atoms with Gasteiger partial charge in [-0.25, -0.2) is 17.9 Å². The third-order valence-electron chi connectivity index (χ3n) is 3.06. The lowest BCUT2D eigenvalue weighted by Gasteiger charge is -2.07. The lowest BCUT2D eigenvalue weighted by Crippen LogP contribution is -2.19. The number of thioether (sulfide) groups is 1. The maximum Gasteiger partial charge on any atom is 0.238 e. The van der Waals surface area contributed by atoms with Crippen LogP contribution in [0.3, 0.4) is 0 Å². The van der Waals surface area contributed by atoms with E-state index in [-0.39, 0.29) is 27.8 Å². The van der Waals surface area contributed by atoms with Gasteiger partial charge >= 0.3 is 0 Å². The molecule has 0 aliphatic heterocycles. The highest BCUT2D eigenvalue weighted by Crippen LogP contribution is 2.15. The van der Waals surface area contributed by atoms with Crippen LogP contribution in [0.5, 0.6) is 0 Å². The molecule has 138 valence electrons. The van der Waals surface area contributed by atoms with Gasteiger partial charge in [-0.3, -0.25) is 9.59 Å². The van der Waals surface area contributed by atoms with Crippen LogP contribution < -0.4 is 15.8 Å². The Morgan fingerprint density at radius 3 is 2.31 bits per heavy atom. The topological polar surface area (TPSA) is 118 Å². The van der Waals surface area contributed by atoms with E-state index in [9.17, 15) is 22.4 Å². The molecule has 0 aliphatic rings. The van der Waals surface area contributed by atoms with Crippen LogP contribution in [0.15, 0.2) is 53.4 Å². The van der Waals surface area contributed by atoms with Gasteiger partial charge in [-0.15, -0.1) is 11.8 Å². The Balaban J connectivity index is 1.80. The van der Waals surface area contributed by atoms with E-state index >= 15 is 0 Å². The Hall–Kier alpha value is -2.43. The first-order valence-electron chi connectivity index (χ1n) is 7.30. The molecule has 26 heavy (non-hydrogen) atoms. The lowest BCUT2D eigenvalue weighted by atomic mass is 10.3. The smallest absolute Gasteiger partial charge is 0.238 e. The van der Waals surface area contributed by atoms with Crippen molar-refractivity contribution in [2.75, 3.05) is 22.1 Å². The lowest BCUT2D eigenvalue weighted by molar-refractivity contribution is -0.114. The molecule has 0 bridgehead atoms. The Kier molecular flexibility index (Phi) is 6.72. The van der Waals surface area contributed by atoms with Gasteiger partial charge in [0.1, 0.15) is 5.82 Å². The number of halogens is 1. The second-order valence-electron chi connectivity index (χ2n) is 5.14. The van der Waals surface area contributed by atoms with Crippen LogP contribution in [0.2, 0.25) is 0 Å². The van der Waals surface area contributed by atoms with Crippen molar-refractivity contribution in [1.82, 2.24) is 0 Å². The number of nitrogens with two attached hydrogens (primary N) is 1. The zero-order chi connectivity index (χ0) is 19.2. The molecule has 0 atom stereocenters. The molecule has 0 heterocycles. The van der Waals surface area contributed by atoms with Crippen molar-refractivity contribution in [1.29, 1.82) is 0 Å². The fraction of sp³-hybridized carbons (Fsp3) is 0.125. The maximum absolute atomic E-state index is 13.4. The van der Waals surface area contributed by atoms with Crippen molar-refractivity contribution < 1.29 is 22.4 Å². The third kappa shape index (κ3) is 6.14. The predicted molar refractivity (Wildman–Crippen MR) is 98.8 cm³/mol. The molecule has 2 aromatic rings. The molecule has 7 nitrogen and oxygen atoms in total. The average Bonchev–Trinajstić information content (AvgIpc) is 2.56. The molecule has 0 saturated carbocycles. The van der Waals surface area contributed by atoms with E-state index in [0.717, 1.165) is 11.8 Å². The molecular weight excluding hydrogens is 381 g/mol. The van der Waals surface area contributed by atoms with Gasteiger partial charge in [0, 0.05) is 5.69 Å². The van der Waals surface area contributed by atoms with Gasteiger partial charge in [-0.05, 0) is 30.3 Å². The Morgan fingerprint density at radius 2 is 1.65 bits per heavy atom. The van der Waals surface area contributed by atoms with E-state index in [2.05, 4.69) is 10.6 Å². The van der Waals surface area contributed by atoms with Crippen LogP contribution >= 0.6 is 11.8 Å². The van der Waals surface area contributed by atoms with Crippen LogP contribution in [0.4, 0.5) is 15.8 Å². The molecule has 0 fully saturated rings. The quantitative estimate of drug-likeness (QED) is 0.658. The number of nitrogens with one attached hydrogen (secondary N) is 2. The predicted octanol–water partition coefficient (Wildman–Crippen LogP) is 1.78. The molecular formula is C16H16FN3O4S2. The van der Waals surface area contributed by atoms with Crippen LogP contribution in [0.25, 0.3) is 0 Å². The largest absolute Gasteiger partial charge is 0.325 e. The van der Waals surface area contributed by atoms with Crippen LogP contribution in [-0.4, -0.2) is 31.7 Å². The second kappa shape index (κ2) is 8.79. The first-order valence-corrected chi connectivity index (χ1v) is 10.0. The summed E-state index contributed by atoms with van der Waals surface area (Å²) in [6.45, 7) is 0. The molecule has 2 rings (SSSR count). The van der Waals surface area contributed by atoms with Crippen molar-refractivity contribution in [2.24, 2.45) is 5.14 Å². The number of sulfonamides is 1. The van der Waals surface area contributed by atoms with Crippen LogP contribution in [0, 0.1) is 5.82 Å². The summed E-state index contributed by atoms with van der Waals surface area (Å²) in [5.41, 5.74) is 0.347. The van der Waals surface area contributed by atoms with E-state index in [1.807, 2.05) is 0 Å². The number of primary sulfonamides is 1. The molecule has 0 unspecified atom stereocenters. The van der Waals surface area contributed by atoms with E-state index in [1.165, 1.54) is 42.5 Å². The molecule has 0 aromatic heterocycles. The number of benzene rings is 2. The van der Waals surface area contributed by atoms with Gasteiger partial charge < -0.3 is 10.6 Å². The van der Waals surface area contributed by atoms with E-state index in [1.54, 1.807) is 6.07 Å². The number of amides is 2. The second-order valence-corrected chi connectivity index (χ2v) is 7.69. The van der Waals surface area contributed by atoms with Crippen LogP contribution in [0.1, 0.15) is 0 Å². The molecule has 2 amide bonds. The Labute approximate surface area is 154 Å². The molecule has 0 spiro atoms. The zero-order valence-corrected chi connectivity index (χ0v) is 15.1. The summed E-state index contributed by atoms with van der Waals surface area (Å²) in [6.07, 6.45) is 0. The normalized spacial score (nSPS) is 11.0. The van der Waals surface area contributed by atoms with Crippen molar-refractivity contribution in [3.05, 3.63) is 54.3 Å². The van der Waals surface area contributed by atoms with Crippen molar-refractivity contribution >= 4 is 45.0 Å². The molecule has 0 radical (unpaired) electrons. The summed E-state index contributed by atoms with van der Waals surface area (Å²) in [5.74, 6) is -1.48. The molecule has 10 heteroatoms. The number of anilines is 2.